The van der Waals surface area contributed by atoms with Gasteiger partial charge in [0.25, 0.3) is 0 Å². The van der Waals surface area contributed by atoms with E-state index in [9.17, 15) is 0 Å². The molecule has 60 heavy (non-hydrogen) atoms. The second-order valence-electron chi connectivity index (χ2n) is 15.7. The maximum atomic E-state index is 5.32. The summed E-state index contributed by atoms with van der Waals surface area (Å²) in [6.45, 7) is 0. The number of aromatic nitrogens is 4. The Kier molecular flexibility index (Phi) is 6.98. The van der Waals surface area contributed by atoms with E-state index < -0.39 is 0 Å². The van der Waals surface area contributed by atoms with E-state index in [0.717, 1.165) is 39.6 Å². The molecule has 3 aromatic heterocycles. The van der Waals surface area contributed by atoms with Gasteiger partial charge in [0.05, 0.1) is 33.5 Å². The van der Waals surface area contributed by atoms with Crippen molar-refractivity contribution in [3.63, 3.8) is 0 Å². The Morgan fingerprint density at radius 1 is 0.317 bits per heavy atom. The summed E-state index contributed by atoms with van der Waals surface area (Å²) < 4.78 is 4.75. The predicted octanol–water partition coefficient (Wildman–Crippen LogP) is 14.5. The minimum atomic E-state index is 0.722. The largest absolute Gasteiger partial charge is 0.309 e. The average molecular weight is 763 g/mol. The zero-order valence-electron chi connectivity index (χ0n) is 32.4. The average Bonchev–Trinajstić information content (AvgIpc) is 3.95. The lowest BCUT2D eigenvalue weighted by Crippen LogP contribution is -1.98. The van der Waals surface area contributed by atoms with Crippen LogP contribution in [0.15, 0.2) is 206 Å². The first-order chi connectivity index (χ1) is 29.8. The lowest BCUT2D eigenvalue weighted by atomic mass is 9.99. The van der Waals surface area contributed by atoms with Crippen LogP contribution in [0.3, 0.4) is 0 Å². The molecule has 0 atom stereocenters. The molecule has 0 N–H and O–H groups in total. The quantitative estimate of drug-likeness (QED) is 0.175. The van der Waals surface area contributed by atoms with Crippen LogP contribution >= 0.6 is 0 Å². The van der Waals surface area contributed by atoms with Crippen molar-refractivity contribution in [1.82, 2.24) is 19.1 Å². The Morgan fingerprint density at radius 2 is 0.817 bits per heavy atom. The zero-order valence-corrected chi connectivity index (χ0v) is 32.4. The second-order valence-corrected chi connectivity index (χ2v) is 15.7. The van der Waals surface area contributed by atoms with Crippen LogP contribution in [0.2, 0.25) is 0 Å². The summed E-state index contributed by atoms with van der Waals surface area (Å²) in [5.41, 5.74) is 16.9. The molecule has 4 heteroatoms. The Hall–Kier alpha value is -8.08. The first-order valence-electron chi connectivity index (χ1n) is 20.5. The van der Waals surface area contributed by atoms with Crippen molar-refractivity contribution in [3.05, 3.63) is 206 Å². The van der Waals surface area contributed by atoms with E-state index in [1.165, 1.54) is 82.3 Å². The number of nitrogens with zero attached hydrogens (tertiary/aromatic N) is 4. The van der Waals surface area contributed by atoms with Gasteiger partial charge in [0, 0.05) is 55.2 Å². The van der Waals surface area contributed by atoms with Gasteiger partial charge in [-0.15, -0.1) is 0 Å². The summed E-state index contributed by atoms with van der Waals surface area (Å²) in [6.07, 6.45) is 0. The Morgan fingerprint density at radius 3 is 1.45 bits per heavy atom. The number of rotatable bonds is 5. The summed E-state index contributed by atoms with van der Waals surface area (Å²) in [4.78, 5) is 10.6. The molecule has 0 unspecified atom stereocenters. The molecule has 12 aromatic rings. The maximum Gasteiger partial charge on any atom is 0.160 e. The molecule has 3 heterocycles. The second kappa shape index (κ2) is 12.7. The molecule has 0 saturated carbocycles. The van der Waals surface area contributed by atoms with Gasteiger partial charge in [0.15, 0.2) is 5.82 Å². The molecule has 0 spiro atoms. The van der Waals surface area contributed by atoms with Crippen LogP contribution in [0.1, 0.15) is 0 Å². The summed E-state index contributed by atoms with van der Waals surface area (Å²) >= 11 is 0. The van der Waals surface area contributed by atoms with Crippen LogP contribution in [-0.4, -0.2) is 19.1 Å². The number of para-hydroxylation sites is 3. The van der Waals surface area contributed by atoms with Crippen LogP contribution in [-0.2, 0) is 0 Å². The molecule has 0 bridgehead atoms. The number of hydrogen-bond acceptors (Lipinski definition) is 2. The number of hydrogen-bond donors (Lipinski definition) is 0. The van der Waals surface area contributed by atoms with Gasteiger partial charge >= 0.3 is 0 Å². The van der Waals surface area contributed by atoms with E-state index in [1.54, 1.807) is 0 Å². The zero-order chi connectivity index (χ0) is 39.3. The number of fused-ring (bicyclic) bond motifs is 9. The molecule has 4 nitrogen and oxygen atoms in total. The lowest BCUT2D eigenvalue weighted by Gasteiger charge is -2.13. The Balaban J connectivity index is 0.925. The highest BCUT2D eigenvalue weighted by atomic mass is 15.0. The van der Waals surface area contributed by atoms with Crippen LogP contribution in [0.5, 0.6) is 0 Å². The van der Waals surface area contributed by atoms with Gasteiger partial charge in [-0.25, -0.2) is 9.97 Å². The molecule has 1 aliphatic carbocycles. The first-order valence-corrected chi connectivity index (χ1v) is 20.5. The Bertz CT molecular complexity index is 3680. The minimum absolute atomic E-state index is 0.722. The summed E-state index contributed by atoms with van der Waals surface area (Å²) in [5.74, 6) is 0.722. The molecule has 0 fully saturated rings. The third kappa shape index (κ3) is 4.79. The molecule has 0 aliphatic heterocycles. The van der Waals surface area contributed by atoms with Crippen molar-refractivity contribution in [1.29, 1.82) is 0 Å². The fourth-order valence-electron chi connectivity index (χ4n) is 9.79. The summed E-state index contributed by atoms with van der Waals surface area (Å²) in [7, 11) is 0. The van der Waals surface area contributed by atoms with Gasteiger partial charge in [-0.3, -0.25) is 0 Å². The molecule has 13 rings (SSSR count). The third-order valence-corrected chi connectivity index (χ3v) is 12.5. The fourth-order valence-corrected chi connectivity index (χ4v) is 9.79. The third-order valence-electron chi connectivity index (χ3n) is 12.5. The van der Waals surface area contributed by atoms with Gasteiger partial charge in [-0.05, 0) is 100 Å². The first kappa shape index (κ1) is 32.9. The fraction of sp³-hybridized carbons (Fsp3) is 0. The van der Waals surface area contributed by atoms with Gasteiger partial charge in [0.1, 0.15) is 0 Å². The van der Waals surface area contributed by atoms with Gasteiger partial charge in [0.2, 0.25) is 0 Å². The van der Waals surface area contributed by atoms with E-state index in [1.807, 2.05) is 0 Å². The van der Waals surface area contributed by atoms with E-state index in [4.69, 9.17) is 9.97 Å². The molecule has 0 amide bonds. The van der Waals surface area contributed by atoms with Crippen molar-refractivity contribution in [2.75, 3.05) is 0 Å². The number of benzene rings is 9. The molecule has 9 aromatic carbocycles. The van der Waals surface area contributed by atoms with Crippen LogP contribution in [0.25, 0.3) is 122 Å². The van der Waals surface area contributed by atoms with Crippen molar-refractivity contribution in [2.24, 2.45) is 0 Å². The predicted molar refractivity (Wildman–Crippen MR) is 249 cm³/mol. The summed E-state index contributed by atoms with van der Waals surface area (Å²) in [6, 6.07) is 74.2. The van der Waals surface area contributed by atoms with E-state index in [0.29, 0.717) is 0 Å². The Labute approximate surface area is 345 Å². The van der Waals surface area contributed by atoms with Crippen LogP contribution in [0.4, 0.5) is 0 Å². The molecule has 1 aliphatic rings. The van der Waals surface area contributed by atoms with E-state index in [-0.39, 0.29) is 0 Å². The summed E-state index contributed by atoms with van der Waals surface area (Å²) in [5, 5.41) is 7.42. The van der Waals surface area contributed by atoms with Gasteiger partial charge < -0.3 is 9.13 Å². The molecule has 0 saturated heterocycles. The highest BCUT2D eigenvalue weighted by Gasteiger charge is 2.28. The SMILES string of the molecule is c1ccc(-c2nc(-c3ccc(-n4c5ccccc5c5cc(-c6ccc7c(c6)c6ccccc6n7-c6ccccc6)ccc54)cc3)nc3c2-c2cccc4cccc-3c24)cc1. The monoisotopic (exact) mass is 762 g/mol. The smallest absolute Gasteiger partial charge is 0.160 e. The van der Waals surface area contributed by atoms with Crippen molar-refractivity contribution >= 4 is 54.4 Å². The van der Waals surface area contributed by atoms with Crippen LogP contribution in [0, 0.1) is 0 Å². The molecule has 278 valence electrons. The topological polar surface area (TPSA) is 35.6 Å². The van der Waals surface area contributed by atoms with Crippen molar-refractivity contribution in [2.45, 2.75) is 0 Å². The van der Waals surface area contributed by atoms with Crippen LogP contribution < -0.4 is 0 Å². The highest BCUT2D eigenvalue weighted by molar-refractivity contribution is 6.17. The molecular formula is C56H34N4. The maximum absolute atomic E-state index is 5.32. The minimum Gasteiger partial charge on any atom is -0.309 e. The van der Waals surface area contributed by atoms with E-state index in [2.05, 4.69) is 215 Å². The molecule has 0 radical (unpaired) electrons. The van der Waals surface area contributed by atoms with Gasteiger partial charge in [-0.2, -0.15) is 0 Å². The normalized spacial score (nSPS) is 12.0. The molecular weight excluding hydrogens is 729 g/mol. The van der Waals surface area contributed by atoms with Crippen molar-refractivity contribution < 1.29 is 0 Å². The van der Waals surface area contributed by atoms with Gasteiger partial charge in [-0.1, -0.05) is 133 Å². The van der Waals surface area contributed by atoms with Crippen molar-refractivity contribution in [3.8, 4) is 67.5 Å². The highest BCUT2D eigenvalue weighted by Crippen LogP contribution is 2.50. The lowest BCUT2D eigenvalue weighted by molar-refractivity contribution is 1.17. The standard InChI is InChI=1S/C56H34N4/c1-3-13-36(14-4-1)54-53-44-21-11-15-35-16-12-22-45(52(35)44)55(53)58-56(57-54)37-25-29-41(30-26-37)60-49-24-10-8-20-43(49)47-34-39(28-32-51(47)60)38-27-31-50-46(33-38)42-19-7-9-23-48(42)59(50)40-17-5-2-6-18-40/h1-34H. The van der Waals surface area contributed by atoms with E-state index >= 15 is 0 Å².